The van der Waals surface area contributed by atoms with Gasteiger partial charge in [-0.05, 0) is 42.7 Å². The summed E-state index contributed by atoms with van der Waals surface area (Å²) in [5.74, 6) is 2.05. The van der Waals surface area contributed by atoms with Gasteiger partial charge in [-0.15, -0.1) is 0 Å². The summed E-state index contributed by atoms with van der Waals surface area (Å²) in [5.41, 5.74) is 4.27. The molecule has 118 valence electrons. The van der Waals surface area contributed by atoms with Gasteiger partial charge < -0.3 is 0 Å². The molecule has 0 fully saturated rings. The Morgan fingerprint density at radius 2 is 1.25 bits per heavy atom. The predicted molar refractivity (Wildman–Crippen MR) is 96.7 cm³/mol. The molecule has 0 saturated heterocycles. The van der Waals surface area contributed by atoms with Gasteiger partial charge in [-0.3, -0.25) is 4.98 Å². The second-order valence-electron chi connectivity index (χ2n) is 5.94. The number of allylic oxidation sites excluding steroid dienone is 1. The smallest absolute Gasteiger partial charge is 0.121 e. The number of carbonyl (C=O) groups excluding carboxylic acids is 1. The molecule has 0 amide bonds. The standard InChI is InChI=1S/C22H19NO/c1-17-15-21(16-18(2)23-17)22(13-14-24,19-9-5-3-6-10-19)20-11-7-4-8-12-20/h3-13,15-16H,1-2H3. The summed E-state index contributed by atoms with van der Waals surface area (Å²) in [7, 11) is 0. The molecule has 0 aliphatic heterocycles. The highest BCUT2D eigenvalue weighted by Gasteiger charge is 2.34. The van der Waals surface area contributed by atoms with Gasteiger partial charge in [0, 0.05) is 17.5 Å². The average Bonchev–Trinajstić information content (AvgIpc) is 2.60. The fraction of sp³-hybridized carbons (Fsp3) is 0.136. The molecule has 1 heterocycles. The molecule has 0 spiro atoms. The van der Waals surface area contributed by atoms with Crippen LogP contribution >= 0.6 is 0 Å². The lowest BCUT2D eigenvalue weighted by atomic mass is 9.69. The maximum Gasteiger partial charge on any atom is 0.121 e. The van der Waals surface area contributed by atoms with Crippen LogP contribution < -0.4 is 0 Å². The van der Waals surface area contributed by atoms with Crippen LogP contribution in [0.2, 0.25) is 0 Å². The van der Waals surface area contributed by atoms with Crippen molar-refractivity contribution in [3.8, 4) is 0 Å². The van der Waals surface area contributed by atoms with Gasteiger partial charge in [0.05, 0.1) is 5.41 Å². The van der Waals surface area contributed by atoms with Crippen molar-refractivity contribution in [3.05, 3.63) is 107 Å². The Morgan fingerprint density at radius 1 is 0.792 bits per heavy atom. The summed E-state index contributed by atoms with van der Waals surface area (Å²) >= 11 is 0. The maximum atomic E-state index is 11.5. The van der Waals surface area contributed by atoms with Crippen molar-refractivity contribution >= 4 is 5.94 Å². The highest BCUT2D eigenvalue weighted by atomic mass is 16.1. The van der Waals surface area contributed by atoms with Crippen LogP contribution in [-0.2, 0) is 10.2 Å². The average molecular weight is 313 g/mol. The molecule has 0 bridgehead atoms. The van der Waals surface area contributed by atoms with Crippen LogP contribution in [0.1, 0.15) is 28.1 Å². The van der Waals surface area contributed by atoms with Crippen LogP contribution in [0.5, 0.6) is 0 Å². The lowest BCUT2D eigenvalue weighted by molar-refractivity contribution is 0.566. The van der Waals surface area contributed by atoms with Crippen molar-refractivity contribution in [2.24, 2.45) is 0 Å². The first-order valence-electron chi connectivity index (χ1n) is 7.95. The largest absolute Gasteiger partial charge is 0.258 e. The van der Waals surface area contributed by atoms with E-state index in [4.69, 9.17) is 0 Å². The summed E-state index contributed by atoms with van der Waals surface area (Å²) < 4.78 is 0. The zero-order valence-electron chi connectivity index (χ0n) is 13.9. The minimum atomic E-state index is -0.678. The van der Waals surface area contributed by atoms with Crippen LogP contribution in [0.3, 0.4) is 0 Å². The van der Waals surface area contributed by atoms with Crippen molar-refractivity contribution in [1.29, 1.82) is 0 Å². The van der Waals surface area contributed by atoms with Crippen molar-refractivity contribution in [1.82, 2.24) is 4.98 Å². The van der Waals surface area contributed by atoms with Crippen LogP contribution in [0.4, 0.5) is 0 Å². The summed E-state index contributed by atoms with van der Waals surface area (Å²) in [4.78, 5) is 16.0. The number of nitrogens with zero attached hydrogens (tertiary/aromatic N) is 1. The fourth-order valence-electron chi connectivity index (χ4n) is 3.30. The number of aromatic nitrogens is 1. The highest BCUT2D eigenvalue weighted by molar-refractivity contribution is 5.63. The topological polar surface area (TPSA) is 30.0 Å². The van der Waals surface area contributed by atoms with Crippen LogP contribution in [0, 0.1) is 13.8 Å². The van der Waals surface area contributed by atoms with Crippen molar-refractivity contribution < 1.29 is 4.79 Å². The van der Waals surface area contributed by atoms with E-state index >= 15 is 0 Å². The Bertz CT molecular complexity index is 819. The third-order valence-corrected chi connectivity index (χ3v) is 4.27. The van der Waals surface area contributed by atoms with E-state index < -0.39 is 5.41 Å². The minimum absolute atomic E-state index is 0.678. The molecule has 0 atom stereocenters. The molecule has 2 aromatic carbocycles. The summed E-state index contributed by atoms with van der Waals surface area (Å²) in [6.07, 6.45) is 1.62. The normalized spacial score (nSPS) is 10.9. The van der Waals surface area contributed by atoms with Gasteiger partial charge in [-0.1, -0.05) is 60.7 Å². The number of rotatable bonds is 4. The second-order valence-corrected chi connectivity index (χ2v) is 5.94. The summed E-state index contributed by atoms with van der Waals surface area (Å²) in [6, 6.07) is 24.2. The minimum Gasteiger partial charge on any atom is -0.258 e. The maximum absolute atomic E-state index is 11.5. The number of hydrogen-bond acceptors (Lipinski definition) is 2. The molecule has 2 nitrogen and oxygen atoms in total. The zero-order valence-corrected chi connectivity index (χ0v) is 13.9. The number of hydrogen-bond donors (Lipinski definition) is 0. The summed E-state index contributed by atoms with van der Waals surface area (Å²) in [5, 5.41) is 0. The SMILES string of the molecule is Cc1cc(C(C=C=O)(c2ccccc2)c2ccccc2)cc(C)n1. The first-order chi connectivity index (χ1) is 11.7. The molecule has 24 heavy (non-hydrogen) atoms. The van der Waals surface area contributed by atoms with Crippen LogP contribution in [0.15, 0.2) is 78.9 Å². The molecule has 3 aromatic rings. The van der Waals surface area contributed by atoms with Crippen LogP contribution in [0.25, 0.3) is 0 Å². The molecule has 0 saturated carbocycles. The first kappa shape index (κ1) is 15.9. The van der Waals surface area contributed by atoms with Gasteiger partial charge in [0.1, 0.15) is 5.94 Å². The molecule has 0 N–H and O–H groups in total. The second kappa shape index (κ2) is 6.66. The molecule has 0 unspecified atom stereocenters. The van der Waals surface area contributed by atoms with Crippen LogP contribution in [-0.4, -0.2) is 10.9 Å². The van der Waals surface area contributed by atoms with Crippen molar-refractivity contribution in [2.45, 2.75) is 19.3 Å². The lowest BCUT2D eigenvalue weighted by Crippen LogP contribution is -2.27. The van der Waals surface area contributed by atoms with Gasteiger partial charge in [0.2, 0.25) is 0 Å². The lowest BCUT2D eigenvalue weighted by Gasteiger charge is -2.32. The number of benzene rings is 2. The predicted octanol–water partition coefficient (Wildman–Crippen LogP) is 4.42. The third kappa shape index (κ3) is 2.80. The molecular weight excluding hydrogens is 294 g/mol. The molecule has 3 rings (SSSR count). The molecule has 0 radical (unpaired) electrons. The van der Waals surface area contributed by atoms with Crippen molar-refractivity contribution in [3.63, 3.8) is 0 Å². The van der Waals surface area contributed by atoms with Gasteiger partial charge in [0.15, 0.2) is 0 Å². The Morgan fingerprint density at radius 3 is 1.67 bits per heavy atom. The number of aryl methyl sites for hydroxylation is 2. The Kier molecular flexibility index (Phi) is 4.41. The van der Waals surface area contributed by atoms with E-state index in [0.29, 0.717) is 0 Å². The summed E-state index contributed by atoms with van der Waals surface area (Å²) in [6.45, 7) is 3.95. The molecule has 1 aromatic heterocycles. The van der Waals surface area contributed by atoms with Gasteiger partial charge in [0.25, 0.3) is 0 Å². The Hall–Kier alpha value is -2.96. The van der Waals surface area contributed by atoms with E-state index in [1.54, 1.807) is 6.08 Å². The van der Waals surface area contributed by atoms with E-state index in [-0.39, 0.29) is 0 Å². The van der Waals surface area contributed by atoms with E-state index in [1.165, 1.54) is 0 Å². The molecule has 0 aliphatic carbocycles. The van der Waals surface area contributed by atoms with E-state index in [2.05, 4.69) is 4.98 Å². The molecule has 0 aliphatic rings. The quantitative estimate of drug-likeness (QED) is 0.667. The molecule has 2 heteroatoms. The van der Waals surface area contributed by atoms with E-state index in [0.717, 1.165) is 28.1 Å². The first-order valence-corrected chi connectivity index (χ1v) is 7.95. The van der Waals surface area contributed by atoms with E-state index in [1.807, 2.05) is 92.6 Å². The van der Waals surface area contributed by atoms with E-state index in [9.17, 15) is 4.79 Å². The van der Waals surface area contributed by atoms with Gasteiger partial charge in [-0.2, -0.15) is 0 Å². The Balaban J connectivity index is 2.41. The Labute approximate surface area is 142 Å². The van der Waals surface area contributed by atoms with Gasteiger partial charge in [-0.25, -0.2) is 4.79 Å². The zero-order chi connectivity index (χ0) is 17.0. The number of pyridine rings is 1. The third-order valence-electron chi connectivity index (χ3n) is 4.27. The van der Waals surface area contributed by atoms with Crippen molar-refractivity contribution in [2.75, 3.05) is 0 Å². The highest BCUT2D eigenvalue weighted by Crippen LogP contribution is 2.40. The van der Waals surface area contributed by atoms with Gasteiger partial charge >= 0.3 is 0 Å². The molecular formula is C22H19NO. The monoisotopic (exact) mass is 313 g/mol. The fourth-order valence-corrected chi connectivity index (χ4v) is 3.30.